The topological polar surface area (TPSA) is 42.0 Å². The van der Waals surface area contributed by atoms with E-state index in [1.165, 1.54) is 5.56 Å². The SMILES string of the molecule is CCCC1c2c(cc(OC)cc2OC)CCN1C(=O)c1cccc(N(C)C)c1. The van der Waals surface area contributed by atoms with E-state index in [-0.39, 0.29) is 11.9 Å². The minimum absolute atomic E-state index is 0.00474. The summed E-state index contributed by atoms with van der Waals surface area (Å²) in [5, 5.41) is 0. The molecule has 0 saturated carbocycles. The predicted molar refractivity (Wildman–Crippen MR) is 113 cm³/mol. The monoisotopic (exact) mass is 382 g/mol. The van der Waals surface area contributed by atoms with Crippen molar-refractivity contribution < 1.29 is 14.3 Å². The first-order chi connectivity index (χ1) is 13.5. The number of methoxy groups -OCH3 is 2. The zero-order chi connectivity index (χ0) is 20.3. The molecule has 0 aromatic heterocycles. The molecule has 1 atom stereocenters. The minimum atomic E-state index is 0.00474. The lowest BCUT2D eigenvalue weighted by Crippen LogP contribution is -2.40. The molecule has 2 aromatic rings. The van der Waals surface area contributed by atoms with E-state index in [4.69, 9.17) is 9.47 Å². The molecule has 5 heteroatoms. The highest BCUT2D eigenvalue weighted by Crippen LogP contribution is 2.42. The molecule has 0 N–H and O–H groups in total. The van der Waals surface area contributed by atoms with Crippen molar-refractivity contribution in [2.45, 2.75) is 32.2 Å². The molecular weight excluding hydrogens is 352 g/mol. The summed E-state index contributed by atoms with van der Waals surface area (Å²) in [6.45, 7) is 2.85. The largest absolute Gasteiger partial charge is 0.497 e. The normalized spacial score (nSPS) is 15.8. The summed E-state index contributed by atoms with van der Waals surface area (Å²) < 4.78 is 11.1. The number of benzene rings is 2. The van der Waals surface area contributed by atoms with Gasteiger partial charge in [-0.1, -0.05) is 19.4 Å². The smallest absolute Gasteiger partial charge is 0.254 e. The molecule has 150 valence electrons. The number of carbonyl (C=O) groups excluding carboxylic acids is 1. The maximum Gasteiger partial charge on any atom is 0.254 e. The Morgan fingerprint density at radius 2 is 1.96 bits per heavy atom. The van der Waals surface area contributed by atoms with Crippen molar-refractivity contribution in [3.63, 3.8) is 0 Å². The third kappa shape index (κ3) is 3.79. The van der Waals surface area contributed by atoms with Gasteiger partial charge in [0.2, 0.25) is 0 Å². The molecule has 0 aliphatic carbocycles. The lowest BCUT2D eigenvalue weighted by Gasteiger charge is -2.38. The van der Waals surface area contributed by atoms with Gasteiger partial charge in [-0.3, -0.25) is 4.79 Å². The average molecular weight is 383 g/mol. The van der Waals surface area contributed by atoms with E-state index in [1.54, 1.807) is 14.2 Å². The fourth-order valence-corrected chi connectivity index (χ4v) is 3.98. The Labute approximate surface area is 167 Å². The van der Waals surface area contributed by atoms with Crippen LogP contribution in [0.1, 0.15) is 47.3 Å². The first-order valence-corrected chi connectivity index (χ1v) is 9.83. The Hall–Kier alpha value is -2.69. The average Bonchev–Trinajstić information content (AvgIpc) is 2.72. The van der Waals surface area contributed by atoms with Gasteiger partial charge in [-0.2, -0.15) is 0 Å². The number of anilines is 1. The van der Waals surface area contributed by atoms with Gasteiger partial charge in [0.05, 0.1) is 20.3 Å². The maximum absolute atomic E-state index is 13.4. The van der Waals surface area contributed by atoms with Crippen molar-refractivity contribution in [3.8, 4) is 11.5 Å². The number of hydrogen-bond donors (Lipinski definition) is 0. The van der Waals surface area contributed by atoms with Crippen LogP contribution in [0.3, 0.4) is 0 Å². The Morgan fingerprint density at radius 1 is 1.18 bits per heavy atom. The van der Waals surface area contributed by atoms with Crippen LogP contribution in [-0.4, -0.2) is 45.7 Å². The van der Waals surface area contributed by atoms with Crippen LogP contribution < -0.4 is 14.4 Å². The second-order valence-electron chi connectivity index (χ2n) is 7.40. The van der Waals surface area contributed by atoms with Crippen molar-refractivity contribution in [1.29, 1.82) is 0 Å². The lowest BCUT2D eigenvalue weighted by atomic mass is 9.88. The van der Waals surface area contributed by atoms with E-state index in [9.17, 15) is 4.79 Å². The number of amides is 1. The van der Waals surface area contributed by atoms with Gasteiger partial charge < -0.3 is 19.3 Å². The standard InChI is InChI=1S/C23H30N2O3/c1-6-8-20-22-16(14-19(27-4)15-21(22)28-5)11-12-25(20)23(26)17-9-7-10-18(13-17)24(2)3/h7,9-10,13-15,20H,6,8,11-12H2,1-5H3. The minimum Gasteiger partial charge on any atom is -0.497 e. The number of hydrogen-bond acceptors (Lipinski definition) is 4. The van der Waals surface area contributed by atoms with Gasteiger partial charge >= 0.3 is 0 Å². The molecule has 1 amide bonds. The fraction of sp³-hybridized carbons (Fsp3) is 0.435. The second kappa shape index (κ2) is 8.55. The quantitative estimate of drug-likeness (QED) is 0.747. The zero-order valence-electron chi connectivity index (χ0n) is 17.5. The second-order valence-corrected chi connectivity index (χ2v) is 7.40. The molecule has 1 unspecified atom stereocenters. The van der Waals surface area contributed by atoms with E-state index < -0.39 is 0 Å². The third-order valence-corrected chi connectivity index (χ3v) is 5.42. The number of fused-ring (bicyclic) bond motifs is 1. The summed E-state index contributed by atoms with van der Waals surface area (Å²) in [7, 11) is 7.32. The highest BCUT2D eigenvalue weighted by atomic mass is 16.5. The number of rotatable bonds is 6. The van der Waals surface area contributed by atoms with Crippen LogP contribution in [0.5, 0.6) is 11.5 Å². The summed E-state index contributed by atoms with van der Waals surface area (Å²) in [4.78, 5) is 17.5. The molecule has 1 heterocycles. The maximum atomic E-state index is 13.4. The van der Waals surface area contributed by atoms with E-state index in [0.29, 0.717) is 6.54 Å². The van der Waals surface area contributed by atoms with Gasteiger partial charge in [0.1, 0.15) is 11.5 Å². The highest BCUT2D eigenvalue weighted by Gasteiger charge is 2.33. The van der Waals surface area contributed by atoms with Crippen LogP contribution in [0.4, 0.5) is 5.69 Å². The Kier molecular flexibility index (Phi) is 6.12. The molecule has 0 saturated heterocycles. The van der Waals surface area contributed by atoms with Crippen molar-refractivity contribution in [2.75, 3.05) is 39.8 Å². The number of ether oxygens (including phenoxy) is 2. The molecule has 0 bridgehead atoms. The molecule has 1 aliphatic heterocycles. The Balaban J connectivity index is 2.01. The van der Waals surface area contributed by atoms with Crippen LogP contribution in [-0.2, 0) is 6.42 Å². The molecule has 1 aliphatic rings. The van der Waals surface area contributed by atoms with Gasteiger partial charge in [-0.05, 0) is 42.7 Å². The fourth-order valence-electron chi connectivity index (χ4n) is 3.98. The third-order valence-electron chi connectivity index (χ3n) is 5.42. The van der Waals surface area contributed by atoms with Crippen LogP contribution in [0.15, 0.2) is 36.4 Å². The van der Waals surface area contributed by atoms with Crippen LogP contribution in [0.2, 0.25) is 0 Å². The van der Waals surface area contributed by atoms with Gasteiger partial charge in [0.25, 0.3) is 5.91 Å². The van der Waals surface area contributed by atoms with Crippen LogP contribution >= 0.6 is 0 Å². The van der Waals surface area contributed by atoms with Gasteiger partial charge in [0, 0.05) is 43.5 Å². The number of nitrogens with zero attached hydrogens (tertiary/aromatic N) is 2. The molecule has 5 nitrogen and oxygen atoms in total. The molecule has 0 fully saturated rings. The summed E-state index contributed by atoms with van der Waals surface area (Å²) in [5.74, 6) is 1.67. The molecule has 0 radical (unpaired) electrons. The van der Waals surface area contributed by atoms with Gasteiger partial charge in [-0.15, -0.1) is 0 Å². The van der Waals surface area contributed by atoms with Gasteiger partial charge in [0.15, 0.2) is 0 Å². The van der Waals surface area contributed by atoms with E-state index in [1.807, 2.05) is 54.2 Å². The Morgan fingerprint density at radius 3 is 2.61 bits per heavy atom. The zero-order valence-corrected chi connectivity index (χ0v) is 17.5. The molecule has 28 heavy (non-hydrogen) atoms. The first-order valence-electron chi connectivity index (χ1n) is 9.83. The Bertz CT molecular complexity index is 830. The van der Waals surface area contributed by atoms with Crippen molar-refractivity contribution >= 4 is 11.6 Å². The summed E-state index contributed by atoms with van der Waals surface area (Å²) >= 11 is 0. The predicted octanol–water partition coefficient (Wildman–Crippen LogP) is 4.31. The van der Waals surface area contributed by atoms with Crippen molar-refractivity contribution in [2.24, 2.45) is 0 Å². The van der Waals surface area contributed by atoms with Crippen LogP contribution in [0.25, 0.3) is 0 Å². The summed E-state index contributed by atoms with van der Waals surface area (Å²) in [6, 6.07) is 11.8. The summed E-state index contributed by atoms with van der Waals surface area (Å²) in [6.07, 6.45) is 2.68. The molecule has 2 aromatic carbocycles. The van der Waals surface area contributed by atoms with E-state index in [0.717, 1.165) is 47.6 Å². The first kappa shape index (κ1) is 20.1. The highest BCUT2D eigenvalue weighted by molar-refractivity contribution is 5.95. The van der Waals surface area contributed by atoms with Crippen LogP contribution in [0, 0.1) is 0 Å². The van der Waals surface area contributed by atoms with E-state index >= 15 is 0 Å². The van der Waals surface area contributed by atoms with Gasteiger partial charge in [-0.25, -0.2) is 0 Å². The lowest BCUT2D eigenvalue weighted by molar-refractivity contribution is 0.0646. The molecule has 3 rings (SSSR count). The van der Waals surface area contributed by atoms with E-state index in [2.05, 4.69) is 13.0 Å². The molecule has 0 spiro atoms. The van der Waals surface area contributed by atoms with Crippen molar-refractivity contribution in [1.82, 2.24) is 4.90 Å². The number of carbonyl (C=O) groups is 1. The summed E-state index contributed by atoms with van der Waals surface area (Å²) in [5.41, 5.74) is 4.08. The van der Waals surface area contributed by atoms with Crippen molar-refractivity contribution in [3.05, 3.63) is 53.1 Å². The molecular formula is C23H30N2O3.